The SMILES string of the molecule is [C-]#[N+]CC1(n2cc(-c3nc(N)nn4c(C)ccc34)cn2)CC([N+]#[C-])C1. The number of nitrogens with zero attached hydrogens (tertiary/aromatic N) is 7. The third kappa shape index (κ3) is 2.23. The third-order valence-electron chi connectivity index (χ3n) is 4.85. The van der Waals surface area contributed by atoms with Crippen LogP contribution in [0, 0.1) is 20.1 Å². The van der Waals surface area contributed by atoms with E-state index in [0.29, 0.717) is 25.1 Å². The first-order chi connectivity index (χ1) is 12.1. The highest BCUT2D eigenvalue weighted by Crippen LogP contribution is 2.42. The van der Waals surface area contributed by atoms with Gasteiger partial charge in [-0.05, 0) is 19.1 Å². The van der Waals surface area contributed by atoms with E-state index in [4.69, 9.17) is 18.9 Å². The van der Waals surface area contributed by atoms with E-state index in [1.54, 1.807) is 10.7 Å². The number of rotatable bonds is 3. The summed E-state index contributed by atoms with van der Waals surface area (Å²) in [5.41, 5.74) is 8.85. The van der Waals surface area contributed by atoms with Crippen LogP contribution in [-0.2, 0) is 5.54 Å². The number of fused-ring (bicyclic) bond motifs is 1. The summed E-state index contributed by atoms with van der Waals surface area (Å²) in [6, 6.07) is 3.89. The van der Waals surface area contributed by atoms with Gasteiger partial charge in [-0.25, -0.2) is 22.6 Å². The Balaban J connectivity index is 1.78. The van der Waals surface area contributed by atoms with E-state index in [9.17, 15) is 0 Å². The van der Waals surface area contributed by atoms with E-state index in [0.717, 1.165) is 16.8 Å². The summed E-state index contributed by atoms with van der Waals surface area (Å²) >= 11 is 0. The highest BCUT2D eigenvalue weighted by atomic mass is 15.3. The molecule has 3 heterocycles. The van der Waals surface area contributed by atoms with Crippen molar-refractivity contribution >= 4 is 11.5 Å². The van der Waals surface area contributed by atoms with Crippen molar-refractivity contribution in [2.75, 3.05) is 12.3 Å². The van der Waals surface area contributed by atoms with Crippen molar-refractivity contribution in [3.63, 3.8) is 0 Å². The average molecular weight is 332 g/mol. The minimum Gasteiger partial charge on any atom is -0.367 e. The molecule has 4 rings (SSSR count). The van der Waals surface area contributed by atoms with Gasteiger partial charge in [0.1, 0.15) is 11.2 Å². The molecule has 3 aromatic rings. The Labute approximate surface area is 144 Å². The van der Waals surface area contributed by atoms with Crippen LogP contribution in [0.4, 0.5) is 5.95 Å². The van der Waals surface area contributed by atoms with Gasteiger partial charge in [0.15, 0.2) is 0 Å². The molecule has 0 spiro atoms. The molecule has 0 radical (unpaired) electrons. The minimum atomic E-state index is -0.387. The van der Waals surface area contributed by atoms with Crippen LogP contribution in [-0.4, -0.2) is 37.0 Å². The second-order valence-electron chi connectivity index (χ2n) is 6.50. The highest BCUT2D eigenvalue weighted by molar-refractivity contribution is 5.77. The van der Waals surface area contributed by atoms with Gasteiger partial charge in [-0.15, -0.1) is 5.10 Å². The molecule has 0 atom stereocenters. The molecule has 1 aliphatic rings. The van der Waals surface area contributed by atoms with Crippen molar-refractivity contribution in [3.8, 4) is 11.3 Å². The van der Waals surface area contributed by atoms with Crippen LogP contribution in [0.2, 0.25) is 0 Å². The summed E-state index contributed by atoms with van der Waals surface area (Å²) < 4.78 is 3.59. The molecule has 1 aliphatic carbocycles. The van der Waals surface area contributed by atoms with E-state index >= 15 is 0 Å². The molecule has 0 aliphatic heterocycles. The lowest BCUT2D eigenvalue weighted by Gasteiger charge is -2.37. The number of aromatic nitrogens is 5. The van der Waals surface area contributed by atoms with Gasteiger partial charge in [0.05, 0.1) is 24.6 Å². The van der Waals surface area contributed by atoms with E-state index in [2.05, 4.69) is 24.9 Å². The molecule has 0 aromatic carbocycles. The maximum absolute atomic E-state index is 7.24. The molecular weight excluding hydrogens is 316 g/mol. The largest absolute Gasteiger partial charge is 0.367 e. The zero-order chi connectivity index (χ0) is 17.6. The number of nitrogens with two attached hydrogens (primary N) is 1. The number of nitrogen functional groups attached to an aromatic ring is 1. The molecule has 0 amide bonds. The quantitative estimate of drug-likeness (QED) is 0.745. The maximum Gasteiger partial charge on any atom is 0.240 e. The summed E-state index contributed by atoms with van der Waals surface area (Å²) in [6.45, 7) is 16.7. The van der Waals surface area contributed by atoms with Gasteiger partial charge in [-0.1, -0.05) is 0 Å². The lowest BCUT2D eigenvalue weighted by molar-refractivity contribution is 0.135. The molecule has 1 saturated carbocycles. The first kappa shape index (κ1) is 15.2. The lowest BCUT2D eigenvalue weighted by Crippen LogP contribution is -2.50. The van der Waals surface area contributed by atoms with Crippen molar-refractivity contribution < 1.29 is 0 Å². The van der Waals surface area contributed by atoms with Gasteiger partial charge in [0.25, 0.3) is 0 Å². The molecule has 8 nitrogen and oxygen atoms in total. The smallest absolute Gasteiger partial charge is 0.240 e. The Kier molecular flexibility index (Phi) is 3.22. The fourth-order valence-corrected chi connectivity index (χ4v) is 3.50. The van der Waals surface area contributed by atoms with Gasteiger partial charge in [0, 0.05) is 17.5 Å². The summed E-state index contributed by atoms with van der Waals surface area (Å²) in [5, 5.41) is 8.72. The van der Waals surface area contributed by atoms with Crippen LogP contribution in [0.25, 0.3) is 26.5 Å². The molecule has 0 unspecified atom stereocenters. The lowest BCUT2D eigenvalue weighted by atomic mass is 9.73. The predicted molar refractivity (Wildman–Crippen MR) is 92.4 cm³/mol. The summed E-state index contributed by atoms with van der Waals surface area (Å²) in [6.07, 6.45) is 4.95. The highest BCUT2D eigenvalue weighted by Gasteiger charge is 2.53. The monoisotopic (exact) mass is 332 g/mol. The van der Waals surface area contributed by atoms with Crippen LogP contribution in [0.15, 0.2) is 24.5 Å². The first-order valence-corrected chi connectivity index (χ1v) is 7.93. The average Bonchev–Trinajstić information content (AvgIpc) is 3.18. The standard InChI is InChI=1S/C17H16N8/c1-11-4-5-14-15(22-16(18)23-25(11)14)12-8-21-24(9-12)17(10-19-2)6-13(7-17)20-3/h4-5,8-9,13H,6-7,10H2,1H3,(H2,18,23). The fourth-order valence-electron chi connectivity index (χ4n) is 3.50. The normalized spacial score (nSPS) is 22.3. The second kappa shape index (κ2) is 5.32. The van der Waals surface area contributed by atoms with Gasteiger partial charge in [-0.2, -0.15) is 5.10 Å². The molecule has 2 N–H and O–H groups in total. The third-order valence-corrected chi connectivity index (χ3v) is 4.85. The summed E-state index contributed by atoms with van der Waals surface area (Å²) in [4.78, 5) is 11.5. The molecule has 124 valence electrons. The molecule has 3 aromatic heterocycles. The zero-order valence-electron chi connectivity index (χ0n) is 13.7. The van der Waals surface area contributed by atoms with Gasteiger partial charge >= 0.3 is 0 Å². The van der Waals surface area contributed by atoms with Crippen molar-refractivity contribution in [1.82, 2.24) is 24.4 Å². The van der Waals surface area contributed by atoms with E-state index in [1.165, 1.54) is 0 Å². The number of aryl methyl sites for hydroxylation is 1. The second-order valence-corrected chi connectivity index (χ2v) is 6.50. The van der Waals surface area contributed by atoms with Gasteiger partial charge in [0.2, 0.25) is 18.5 Å². The molecule has 1 fully saturated rings. The van der Waals surface area contributed by atoms with Crippen LogP contribution < -0.4 is 5.73 Å². The van der Waals surface area contributed by atoms with E-state index in [-0.39, 0.29) is 17.5 Å². The fraction of sp³-hybridized carbons (Fsp3) is 0.353. The van der Waals surface area contributed by atoms with Crippen LogP contribution in [0.3, 0.4) is 0 Å². The molecule has 0 bridgehead atoms. The minimum absolute atomic E-state index is 0.0240. The Morgan fingerprint density at radius 3 is 2.88 bits per heavy atom. The van der Waals surface area contributed by atoms with Gasteiger partial charge < -0.3 is 15.4 Å². The number of hydrogen-bond donors (Lipinski definition) is 1. The van der Waals surface area contributed by atoms with Gasteiger partial charge in [-0.3, -0.25) is 4.68 Å². The summed E-state index contributed by atoms with van der Waals surface area (Å²) in [5.74, 6) is 0.196. The number of anilines is 1. The van der Waals surface area contributed by atoms with E-state index < -0.39 is 0 Å². The molecule has 0 saturated heterocycles. The molecular formula is C17H16N8. The van der Waals surface area contributed by atoms with Crippen LogP contribution >= 0.6 is 0 Å². The van der Waals surface area contributed by atoms with Crippen molar-refractivity contribution in [2.45, 2.75) is 31.3 Å². The Bertz CT molecular complexity index is 1040. The first-order valence-electron chi connectivity index (χ1n) is 7.93. The Hall–Kier alpha value is -3.39. The predicted octanol–water partition coefficient (Wildman–Crippen LogP) is 2.18. The van der Waals surface area contributed by atoms with Crippen molar-refractivity contribution in [3.05, 3.63) is 53.1 Å². The number of hydrogen-bond acceptors (Lipinski definition) is 4. The Morgan fingerprint density at radius 1 is 1.36 bits per heavy atom. The topological polar surface area (TPSA) is 82.8 Å². The maximum atomic E-state index is 7.24. The van der Waals surface area contributed by atoms with Crippen molar-refractivity contribution in [2.24, 2.45) is 0 Å². The van der Waals surface area contributed by atoms with Crippen LogP contribution in [0.1, 0.15) is 18.5 Å². The van der Waals surface area contributed by atoms with Crippen LogP contribution in [0.5, 0.6) is 0 Å². The molecule has 8 heteroatoms. The molecule has 25 heavy (non-hydrogen) atoms. The van der Waals surface area contributed by atoms with Crippen molar-refractivity contribution in [1.29, 1.82) is 0 Å². The zero-order valence-corrected chi connectivity index (χ0v) is 13.7. The Morgan fingerprint density at radius 2 is 2.16 bits per heavy atom. The summed E-state index contributed by atoms with van der Waals surface area (Å²) in [7, 11) is 0. The van der Waals surface area contributed by atoms with E-state index in [1.807, 2.05) is 29.9 Å².